The smallest absolute Gasteiger partial charge is 0.237 e. The Morgan fingerprint density at radius 3 is 2.22 bits per heavy atom. The summed E-state index contributed by atoms with van der Waals surface area (Å²) in [5.74, 6) is 0.637. The predicted molar refractivity (Wildman–Crippen MR) is 132 cm³/mol. The summed E-state index contributed by atoms with van der Waals surface area (Å²) in [5, 5.41) is 4.99. The topological polar surface area (TPSA) is 43.6 Å². The zero-order valence-corrected chi connectivity index (χ0v) is 17.8. The molecule has 0 amide bonds. The number of hydrogen-bond donors (Lipinski definition) is 0. The van der Waals surface area contributed by atoms with E-state index in [1.54, 1.807) is 12.7 Å². The highest BCUT2D eigenvalue weighted by Gasteiger charge is 2.16. The van der Waals surface area contributed by atoms with Crippen molar-refractivity contribution >= 4 is 53.3 Å². The van der Waals surface area contributed by atoms with Crippen LogP contribution in [-0.2, 0) is 0 Å². The van der Waals surface area contributed by atoms with Crippen LogP contribution in [0.15, 0.2) is 97.6 Å². The molecule has 0 saturated carbocycles. The largest absolute Gasteiger partial charge is 0.278 e. The van der Waals surface area contributed by atoms with E-state index in [2.05, 4.69) is 104 Å². The van der Waals surface area contributed by atoms with Crippen LogP contribution in [0, 0.1) is 0 Å². The monoisotopic (exact) mass is 428 g/mol. The van der Waals surface area contributed by atoms with Gasteiger partial charge >= 0.3 is 0 Å². The van der Waals surface area contributed by atoms with Gasteiger partial charge in [-0.15, -0.1) is 11.3 Å². The maximum Gasteiger partial charge on any atom is 0.237 e. The fourth-order valence-electron chi connectivity index (χ4n) is 4.61. The summed E-state index contributed by atoms with van der Waals surface area (Å²) in [7, 11) is 0. The van der Waals surface area contributed by atoms with Crippen LogP contribution in [0.2, 0.25) is 0 Å². The number of benzene rings is 4. The first kappa shape index (κ1) is 17.6. The third-order valence-corrected chi connectivity index (χ3v) is 7.18. The molecule has 0 fully saturated rings. The van der Waals surface area contributed by atoms with E-state index < -0.39 is 0 Å². The first-order valence-corrected chi connectivity index (χ1v) is 11.3. The van der Waals surface area contributed by atoms with Gasteiger partial charge in [-0.25, -0.2) is 15.0 Å². The highest BCUT2D eigenvalue weighted by Crippen LogP contribution is 2.41. The van der Waals surface area contributed by atoms with E-state index in [0.717, 1.165) is 11.0 Å². The molecular weight excluding hydrogens is 412 g/mol. The summed E-state index contributed by atoms with van der Waals surface area (Å²) < 4.78 is 4.69. The molecule has 0 saturated heterocycles. The van der Waals surface area contributed by atoms with Crippen molar-refractivity contribution in [3.63, 3.8) is 0 Å². The minimum Gasteiger partial charge on any atom is -0.278 e. The van der Waals surface area contributed by atoms with Crippen molar-refractivity contribution in [1.29, 1.82) is 0 Å². The second-order valence-electron chi connectivity index (χ2n) is 7.84. The van der Waals surface area contributed by atoms with Gasteiger partial charge in [-0.2, -0.15) is 0 Å². The van der Waals surface area contributed by atoms with Crippen molar-refractivity contribution in [2.24, 2.45) is 0 Å². The highest BCUT2D eigenvalue weighted by atomic mass is 32.1. The summed E-state index contributed by atoms with van der Waals surface area (Å²) >= 11 is 1.83. The minimum absolute atomic E-state index is 0.637. The van der Waals surface area contributed by atoms with Crippen molar-refractivity contribution in [2.45, 2.75) is 0 Å². The Morgan fingerprint density at radius 1 is 0.562 bits per heavy atom. The van der Waals surface area contributed by atoms with E-state index in [-0.39, 0.29) is 0 Å². The quantitative estimate of drug-likeness (QED) is 0.298. The average Bonchev–Trinajstić information content (AvgIpc) is 3.38. The molecule has 0 bridgehead atoms. The highest BCUT2D eigenvalue weighted by molar-refractivity contribution is 7.25. The number of thiophene rings is 1. The summed E-state index contributed by atoms with van der Waals surface area (Å²) in [5.41, 5.74) is 4.69. The molecule has 0 spiro atoms. The summed E-state index contributed by atoms with van der Waals surface area (Å²) in [6.45, 7) is 0. The Balaban J connectivity index is 1.57. The van der Waals surface area contributed by atoms with Crippen LogP contribution < -0.4 is 0 Å². The van der Waals surface area contributed by atoms with Crippen LogP contribution in [0.1, 0.15) is 0 Å². The van der Waals surface area contributed by atoms with Gasteiger partial charge in [-0.1, -0.05) is 54.6 Å². The molecule has 0 radical (unpaired) electrons. The van der Waals surface area contributed by atoms with Gasteiger partial charge in [0, 0.05) is 30.9 Å². The Hall–Kier alpha value is -4.09. The summed E-state index contributed by atoms with van der Waals surface area (Å²) in [6, 6.07) is 30.4. The molecule has 0 N–H and O–H groups in total. The van der Waals surface area contributed by atoms with E-state index in [0.29, 0.717) is 5.95 Å². The van der Waals surface area contributed by atoms with Gasteiger partial charge < -0.3 is 0 Å². The first-order chi connectivity index (χ1) is 15.9. The van der Waals surface area contributed by atoms with Crippen molar-refractivity contribution in [3.05, 3.63) is 97.6 Å². The molecule has 150 valence electrons. The fourth-order valence-corrected chi connectivity index (χ4v) is 5.71. The Labute approximate surface area is 187 Å². The zero-order chi connectivity index (χ0) is 21.1. The molecule has 32 heavy (non-hydrogen) atoms. The molecule has 5 heteroatoms. The lowest BCUT2D eigenvalue weighted by Crippen LogP contribution is -2.00. The molecule has 4 aromatic carbocycles. The van der Waals surface area contributed by atoms with Gasteiger partial charge in [0.15, 0.2) is 0 Å². The first-order valence-electron chi connectivity index (χ1n) is 10.4. The molecule has 7 aromatic rings. The molecule has 7 rings (SSSR count). The molecule has 0 aliphatic carbocycles. The number of para-hydroxylation sites is 1. The zero-order valence-electron chi connectivity index (χ0n) is 16.9. The van der Waals surface area contributed by atoms with Crippen molar-refractivity contribution in [3.8, 4) is 17.1 Å². The van der Waals surface area contributed by atoms with E-state index in [4.69, 9.17) is 0 Å². The second kappa shape index (κ2) is 6.70. The lowest BCUT2D eigenvalue weighted by Gasteiger charge is -2.04. The summed E-state index contributed by atoms with van der Waals surface area (Å²) in [6.07, 6.45) is 3.10. The lowest BCUT2D eigenvalue weighted by atomic mass is 10.0. The molecule has 3 aromatic heterocycles. The SMILES string of the molecule is c1ccc(-c2ccc3sc4cc5c(cc4c3c2)c2ccccc2n5-c2ncncn2)cc1. The standard InChI is InChI=1S/C27H16N4S/c1-2-6-17(7-3-1)18-10-11-25-21(12-18)22-13-20-19-8-4-5-9-23(19)31(24(20)14-26(22)32-25)27-29-15-28-16-30-27/h1-16H. The molecule has 4 nitrogen and oxygen atoms in total. The van der Waals surface area contributed by atoms with E-state index in [9.17, 15) is 0 Å². The molecule has 0 atom stereocenters. The van der Waals surface area contributed by atoms with Gasteiger partial charge in [0.25, 0.3) is 0 Å². The number of nitrogens with zero attached hydrogens (tertiary/aromatic N) is 4. The van der Waals surface area contributed by atoms with E-state index >= 15 is 0 Å². The van der Waals surface area contributed by atoms with E-state index in [1.165, 1.54) is 42.1 Å². The minimum atomic E-state index is 0.637. The van der Waals surface area contributed by atoms with Crippen LogP contribution in [0.25, 0.3) is 59.1 Å². The van der Waals surface area contributed by atoms with Crippen LogP contribution in [-0.4, -0.2) is 19.5 Å². The fraction of sp³-hybridized carbons (Fsp3) is 0. The molecule has 3 heterocycles. The Bertz CT molecular complexity index is 1770. The maximum absolute atomic E-state index is 4.43. The third kappa shape index (κ3) is 2.52. The number of fused-ring (bicyclic) bond motifs is 6. The van der Waals surface area contributed by atoms with Crippen LogP contribution >= 0.6 is 11.3 Å². The van der Waals surface area contributed by atoms with Gasteiger partial charge in [0.1, 0.15) is 12.7 Å². The molecule has 0 aliphatic rings. The maximum atomic E-state index is 4.43. The van der Waals surface area contributed by atoms with Gasteiger partial charge in [-0.3, -0.25) is 4.57 Å². The number of aromatic nitrogens is 4. The van der Waals surface area contributed by atoms with Crippen LogP contribution in [0.5, 0.6) is 0 Å². The van der Waals surface area contributed by atoms with Crippen LogP contribution in [0.3, 0.4) is 0 Å². The Kier molecular flexibility index (Phi) is 3.68. The van der Waals surface area contributed by atoms with Crippen molar-refractivity contribution in [2.75, 3.05) is 0 Å². The third-order valence-electron chi connectivity index (χ3n) is 6.05. The predicted octanol–water partition coefficient (Wildman–Crippen LogP) is 7.00. The van der Waals surface area contributed by atoms with Crippen molar-refractivity contribution in [1.82, 2.24) is 19.5 Å². The lowest BCUT2D eigenvalue weighted by molar-refractivity contribution is 0.940. The Morgan fingerprint density at radius 2 is 1.34 bits per heavy atom. The van der Waals surface area contributed by atoms with E-state index in [1.807, 2.05) is 11.3 Å². The normalized spacial score (nSPS) is 11.8. The van der Waals surface area contributed by atoms with Gasteiger partial charge in [0.2, 0.25) is 5.95 Å². The molecular formula is C27H16N4S. The summed E-state index contributed by atoms with van der Waals surface area (Å²) in [4.78, 5) is 12.9. The second-order valence-corrected chi connectivity index (χ2v) is 8.92. The molecule has 0 aliphatic heterocycles. The van der Waals surface area contributed by atoms with Gasteiger partial charge in [0.05, 0.1) is 11.0 Å². The van der Waals surface area contributed by atoms with Crippen molar-refractivity contribution < 1.29 is 0 Å². The average molecular weight is 429 g/mol. The van der Waals surface area contributed by atoms with Gasteiger partial charge in [-0.05, 0) is 41.5 Å². The van der Waals surface area contributed by atoms with Crippen LogP contribution in [0.4, 0.5) is 0 Å². The molecule has 0 unspecified atom stereocenters. The number of rotatable bonds is 2. The number of hydrogen-bond acceptors (Lipinski definition) is 4.